The Hall–Kier alpha value is -1.30. The van der Waals surface area contributed by atoms with Crippen LogP contribution >= 0.6 is 0 Å². The summed E-state index contributed by atoms with van der Waals surface area (Å²) in [4.78, 5) is 28.3. The van der Waals surface area contributed by atoms with Gasteiger partial charge in [0.25, 0.3) is 0 Å². The molecule has 1 fully saturated rings. The normalized spacial score (nSPS) is 19.7. The number of nitrogens with zero attached hydrogens (tertiary/aromatic N) is 3. The summed E-state index contributed by atoms with van der Waals surface area (Å²) in [7, 11) is 2.04. The van der Waals surface area contributed by atoms with Crippen LogP contribution in [0.1, 0.15) is 20.8 Å². The van der Waals surface area contributed by atoms with Crippen molar-refractivity contribution in [2.24, 2.45) is 0 Å². The number of amides is 2. The molecule has 6 nitrogen and oxygen atoms in total. The molecule has 0 unspecified atom stereocenters. The van der Waals surface area contributed by atoms with Crippen LogP contribution in [0.15, 0.2) is 0 Å². The zero-order valence-corrected chi connectivity index (χ0v) is 11.6. The molecule has 0 aromatic rings. The molecule has 104 valence electrons. The predicted molar refractivity (Wildman–Crippen MR) is 68.6 cm³/mol. The number of carbonyl (C=O) groups excluding carboxylic acids is 1. The maximum atomic E-state index is 12.2. The first-order valence-corrected chi connectivity index (χ1v) is 6.25. The molecule has 1 heterocycles. The Bertz CT molecular complexity index is 331. The lowest BCUT2D eigenvalue weighted by Gasteiger charge is -2.46. The molecular formula is C12H23N3O3. The third-order valence-corrected chi connectivity index (χ3v) is 3.57. The average Bonchev–Trinajstić information content (AvgIpc) is 2.28. The number of hydrogen-bond donors (Lipinski definition) is 1. The number of hydrogen-bond acceptors (Lipinski definition) is 3. The van der Waals surface area contributed by atoms with E-state index in [0.717, 1.165) is 6.54 Å². The van der Waals surface area contributed by atoms with Crippen LogP contribution in [0.2, 0.25) is 0 Å². The lowest BCUT2D eigenvalue weighted by atomic mass is 10.00. The summed E-state index contributed by atoms with van der Waals surface area (Å²) >= 11 is 0. The van der Waals surface area contributed by atoms with Gasteiger partial charge in [0, 0.05) is 31.7 Å². The quantitative estimate of drug-likeness (QED) is 0.801. The summed E-state index contributed by atoms with van der Waals surface area (Å²) in [6.45, 7) is 8.22. The Labute approximate surface area is 108 Å². The Morgan fingerprint density at radius 3 is 2.39 bits per heavy atom. The monoisotopic (exact) mass is 257 g/mol. The van der Waals surface area contributed by atoms with Gasteiger partial charge in [0.1, 0.15) is 6.54 Å². The minimum absolute atomic E-state index is 0.0729. The standard InChI is InChI=1S/C12H23N3O3/c1-5-14(8-10(16)17)11(18)15-7-6-13(4)12(2,3)9-15/h5-9H2,1-4H3,(H,16,17). The van der Waals surface area contributed by atoms with E-state index in [1.807, 2.05) is 7.05 Å². The van der Waals surface area contributed by atoms with Gasteiger partial charge in [-0.2, -0.15) is 0 Å². The van der Waals surface area contributed by atoms with Gasteiger partial charge in [-0.3, -0.25) is 9.69 Å². The van der Waals surface area contributed by atoms with Crippen LogP contribution in [0, 0.1) is 0 Å². The van der Waals surface area contributed by atoms with Crippen LogP contribution in [-0.2, 0) is 4.79 Å². The number of piperazine rings is 1. The molecule has 0 bridgehead atoms. The van der Waals surface area contributed by atoms with Crippen molar-refractivity contribution < 1.29 is 14.7 Å². The van der Waals surface area contributed by atoms with Crippen molar-refractivity contribution in [2.45, 2.75) is 26.3 Å². The first-order valence-electron chi connectivity index (χ1n) is 6.25. The zero-order valence-electron chi connectivity index (χ0n) is 11.6. The summed E-state index contributed by atoms with van der Waals surface area (Å²) in [6.07, 6.45) is 0. The zero-order chi connectivity index (χ0) is 13.9. The van der Waals surface area contributed by atoms with Crippen molar-refractivity contribution in [3.8, 4) is 0 Å². The van der Waals surface area contributed by atoms with E-state index in [1.54, 1.807) is 11.8 Å². The highest BCUT2D eigenvalue weighted by Crippen LogP contribution is 2.19. The molecule has 0 aromatic heterocycles. The van der Waals surface area contributed by atoms with Gasteiger partial charge in [0.2, 0.25) is 0 Å². The van der Waals surface area contributed by atoms with Gasteiger partial charge < -0.3 is 14.9 Å². The molecule has 1 rings (SSSR count). The van der Waals surface area contributed by atoms with Gasteiger partial charge in [-0.05, 0) is 27.8 Å². The highest BCUT2D eigenvalue weighted by atomic mass is 16.4. The van der Waals surface area contributed by atoms with Gasteiger partial charge in [0.05, 0.1) is 0 Å². The van der Waals surface area contributed by atoms with E-state index in [4.69, 9.17) is 5.11 Å². The SMILES string of the molecule is CCN(CC(=O)O)C(=O)N1CCN(C)C(C)(C)C1. The van der Waals surface area contributed by atoms with Crippen LogP contribution in [-0.4, -0.2) is 77.1 Å². The number of carboxylic acids is 1. The maximum Gasteiger partial charge on any atom is 0.323 e. The molecule has 18 heavy (non-hydrogen) atoms. The number of carbonyl (C=O) groups is 2. The summed E-state index contributed by atoms with van der Waals surface area (Å²) in [5.41, 5.74) is -0.0729. The molecule has 0 aliphatic carbocycles. The Balaban J connectivity index is 2.69. The summed E-state index contributed by atoms with van der Waals surface area (Å²) in [5.74, 6) is -0.974. The lowest BCUT2D eigenvalue weighted by molar-refractivity contribution is -0.137. The van der Waals surface area contributed by atoms with Gasteiger partial charge in [0.15, 0.2) is 0 Å². The van der Waals surface area contributed by atoms with Crippen molar-refractivity contribution in [1.82, 2.24) is 14.7 Å². The Kier molecular flexibility index (Phi) is 4.56. The fourth-order valence-corrected chi connectivity index (χ4v) is 2.08. The number of carboxylic acid groups (broad SMARTS) is 1. The molecule has 0 radical (unpaired) electrons. The second-order valence-corrected chi connectivity index (χ2v) is 5.35. The topological polar surface area (TPSA) is 64.1 Å². The number of likely N-dealkylation sites (N-methyl/N-ethyl adjacent to an activating group) is 2. The Morgan fingerprint density at radius 1 is 1.33 bits per heavy atom. The van der Waals surface area contributed by atoms with Crippen molar-refractivity contribution >= 4 is 12.0 Å². The van der Waals surface area contributed by atoms with E-state index in [9.17, 15) is 9.59 Å². The van der Waals surface area contributed by atoms with E-state index in [1.165, 1.54) is 4.90 Å². The van der Waals surface area contributed by atoms with E-state index in [-0.39, 0.29) is 18.1 Å². The molecule has 0 atom stereocenters. The van der Waals surface area contributed by atoms with E-state index in [2.05, 4.69) is 18.7 Å². The van der Waals surface area contributed by atoms with Crippen LogP contribution in [0.3, 0.4) is 0 Å². The molecule has 1 aliphatic rings. The van der Waals surface area contributed by atoms with Gasteiger partial charge >= 0.3 is 12.0 Å². The Morgan fingerprint density at radius 2 is 1.94 bits per heavy atom. The lowest BCUT2D eigenvalue weighted by Crippen LogP contribution is -2.61. The first-order chi connectivity index (χ1) is 8.27. The molecular weight excluding hydrogens is 234 g/mol. The average molecular weight is 257 g/mol. The van der Waals surface area contributed by atoms with E-state index >= 15 is 0 Å². The van der Waals surface area contributed by atoms with Crippen LogP contribution in [0.5, 0.6) is 0 Å². The minimum atomic E-state index is -0.974. The van der Waals surface area contributed by atoms with Gasteiger partial charge in [-0.25, -0.2) is 4.79 Å². The molecule has 1 N–H and O–H groups in total. The van der Waals surface area contributed by atoms with Crippen molar-refractivity contribution in [1.29, 1.82) is 0 Å². The molecule has 0 aromatic carbocycles. The second-order valence-electron chi connectivity index (χ2n) is 5.35. The smallest absolute Gasteiger partial charge is 0.323 e. The number of aliphatic carboxylic acids is 1. The third-order valence-electron chi connectivity index (χ3n) is 3.57. The maximum absolute atomic E-state index is 12.2. The summed E-state index contributed by atoms with van der Waals surface area (Å²) in [5, 5.41) is 8.79. The number of rotatable bonds is 3. The first kappa shape index (κ1) is 14.8. The third kappa shape index (κ3) is 3.35. The predicted octanol–water partition coefficient (Wildman–Crippen LogP) is 0.539. The van der Waals surface area contributed by atoms with E-state index < -0.39 is 5.97 Å². The molecule has 0 saturated carbocycles. The fourth-order valence-electron chi connectivity index (χ4n) is 2.08. The molecule has 1 saturated heterocycles. The molecule has 2 amide bonds. The minimum Gasteiger partial charge on any atom is -0.480 e. The van der Waals surface area contributed by atoms with Crippen LogP contribution in [0.25, 0.3) is 0 Å². The van der Waals surface area contributed by atoms with Crippen molar-refractivity contribution in [2.75, 3.05) is 39.8 Å². The van der Waals surface area contributed by atoms with Crippen molar-refractivity contribution in [3.63, 3.8) is 0 Å². The van der Waals surface area contributed by atoms with E-state index in [0.29, 0.717) is 19.6 Å². The second kappa shape index (κ2) is 5.56. The highest BCUT2D eigenvalue weighted by molar-refractivity contribution is 5.80. The molecule has 6 heteroatoms. The van der Waals surface area contributed by atoms with Crippen molar-refractivity contribution in [3.05, 3.63) is 0 Å². The summed E-state index contributed by atoms with van der Waals surface area (Å²) in [6, 6.07) is -0.180. The van der Waals surface area contributed by atoms with Crippen LogP contribution in [0.4, 0.5) is 4.79 Å². The van der Waals surface area contributed by atoms with Gasteiger partial charge in [-0.15, -0.1) is 0 Å². The molecule has 0 spiro atoms. The fraction of sp³-hybridized carbons (Fsp3) is 0.833. The largest absolute Gasteiger partial charge is 0.480 e. The molecule has 1 aliphatic heterocycles. The number of urea groups is 1. The van der Waals surface area contributed by atoms with Crippen LogP contribution < -0.4 is 0 Å². The van der Waals surface area contributed by atoms with Gasteiger partial charge in [-0.1, -0.05) is 0 Å². The summed E-state index contributed by atoms with van der Waals surface area (Å²) < 4.78 is 0. The highest BCUT2D eigenvalue weighted by Gasteiger charge is 2.34.